The molecule has 134 valence electrons. The molecule has 0 unspecified atom stereocenters. The largest absolute Gasteiger partial charge is 0.493 e. The normalized spacial score (nSPS) is 13.0. The summed E-state index contributed by atoms with van der Waals surface area (Å²) in [6.45, 7) is 6.16. The van der Waals surface area contributed by atoms with E-state index in [1.807, 2.05) is 49.4 Å². The van der Waals surface area contributed by atoms with Crippen LogP contribution in [0, 0.1) is 12.8 Å². The van der Waals surface area contributed by atoms with E-state index in [0.717, 1.165) is 23.2 Å². The molecule has 4 nitrogen and oxygen atoms in total. The highest BCUT2D eigenvalue weighted by Gasteiger charge is 2.26. The first kappa shape index (κ1) is 18.8. The molecule has 2 aromatic rings. The van der Waals surface area contributed by atoms with Crippen LogP contribution in [0.25, 0.3) is 0 Å². The Balaban J connectivity index is 2.32. The molecule has 1 amide bonds. The quantitative estimate of drug-likeness (QED) is 0.788. The van der Waals surface area contributed by atoms with Crippen molar-refractivity contribution in [2.45, 2.75) is 33.1 Å². The van der Waals surface area contributed by atoms with Crippen LogP contribution in [0.2, 0.25) is 0 Å². The highest BCUT2D eigenvalue weighted by molar-refractivity contribution is 5.97. The summed E-state index contributed by atoms with van der Waals surface area (Å²) in [4.78, 5) is 13.0. The van der Waals surface area contributed by atoms with Gasteiger partial charge < -0.3 is 14.8 Å². The molecule has 25 heavy (non-hydrogen) atoms. The van der Waals surface area contributed by atoms with Gasteiger partial charge in [0.2, 0.25) is 5.91 Å². The third-order valence-electron chi connectivity index (χ3n) is 4.64. The molecule has 2 atom stereocenters. The van der Waals surface area contributed by atoms with Crippen LogP contribution in [0.15, 0.2) is 42.5 Å². The average Bonchev–Trinajstić information content (AvgIpc) is 2.63. The maximum absolute atomic E-state index is 13.0. The van der Waals surface area contributed by atoms with Crippen LogP contribution in [0.4, 0.5) is 5.69 Å². The van der Waals surface area contributed by atoms with E-state index in [4.69, 9.17) is 9.47 Å². The van der Waals surface area contributed by atoms with E-state index in [0.29, 0.717) is 11.5 Å². The lowest BCUT2D eigenvalue weighted by molar-refractivity contribution is -0.118. The van der Waals surface area contributed by atoms with Crippen molar-refractivity contribution in [2.75, 3.05) is 19.5 Å². The fourth-order valence-corrected chi connectivity index (χ4v) is 2.96. The first-order chi connectivity index (χ1) is 12.0. The lowest BCUT2D eigenvalue weighted by Crippen LogP contribution is -2.26. The van der Waals surface area contributed by atoms with Crippen molar-refractivity contribution >= 4 is 11.6 Å². The Morgan fingerprint density at radius 3 is 2.24 bits per heavy atom. The van der Waals surface area contributed by atoms with Gasteiger partial charge in [-0.2, -0.15) is 0 Å². The van der Waals surface area contributed by atoms with Gasteiger partial charge in [-0.3, -0.25) is 4.79 Å². The summed E-state index contributed by atoms with van der Waals surface area (Å²) in [5, 5.41) is 3.08. The van der Waals surface area contributed by atoms with Gasteiger partial charge in [-0.1, -0.05) is 50.6 Å². The fraction of sp³-hybridized carbons (Fsp3) is 0.381. The monoisotopic (exact) mass is 341 g/mol. The molecule has 2 aromatic carbocycles. The van der Waals surface area contributed by atoms with Crippen LogP contribution >= 0.6 is 0 Å². The molecule has 0 radical (unpaired) electrons. The number of anilines is 1. The molecule has 0 aromatic heterocycles. The summed E-state index contributed by atoms with van der Waals surface area (Å²) in [5.74, 6) is 1.29. The van der Waals surface area contributed by atoms with Gasteiger partial charge in [-0.05, 0) is 30.0 Å². The van der Waals surface area contributed by atoms with Crippen LogP contribution in [-0.4, -0.2) is 20.1 Å². The predicted molar refractivity (Wildman–Crippen MR) is 102 cm³/mol. The zero-order chi connectivity index (χ0) is 18.4. The lowest BCUT2D eigenvalue weighted by atomic mass is 9.85. The molecule has 1 N–H and O–H groups in total. The lowest BCUT2D eigenvalue weighted by Gasteiger charge is -2.23. The van der Waals surface area contributed by atoms with Gasteiger partial charge in [-0.15, -0.1) is 0 Å². The highest BCUT2D eigenvalue weighted by atomic mass is 16.5. The van der Waals surface area contributed by atoms with Crippen molar-refractivity contribution in [1.29, 1.82) is 0 Å². The summed E-state index contributed by atoms with van der Waals surface area (Å²) in [5.41, 5.74) is 2.71. The fourth-order valence-electron chi connectivity index (χ4n) is 2.96. The third kappa shape index (κ3) is 4.32. The second-order valence-corrected chi connectivity index (χ2v) is 6.29. The van der Waals surface area contributed by atoms with E-state index in [2.05, 4.69) is 19.2 Å². The minimum Gasteiger partial charge on any atom is -0.493 e. The Morgan fingerprint density at radius 1 is 1.08 bits per heavy atom. The van der Waals surface area contributed by atoms with E-state index < -0.39 is 0 Å². The molecule has 0 saturated heterocycles. The summed E-state index contributed by atoms with van der Waals surface area (Å²) in [7, 11) is 3.19. The number of carbonyl (C=O) groups is 1. The number of benzene rings is 2. The molecular weight excluding hydrogens is 314 g/mol. The summed E-state index contributed by atoms with van der Waals surface area (Å²) < 4.78 is 10.7. The molecule has 0 aliphatic rings. The Kier molecular flexibility index (Phi) is 6.45. The zero-order valence-corrected chi connectivity index (χ0v) is 15.6. The summed E-state index contributed by atoms with van der Waals surface area (Å²) in [6.07, 6.45) is 0.928. The van der Waals surface area contributed by atoms with E-state index >= 15 is 0 Å². The molecule has 2 rings (SSSR count). The van der Waals surface area contributed by atoms with Crippen LogP contribution in [0.5, 0.6) is 11.5 Å². The number of methoxy groups -OCH3 is 2. The smallest absolute Gasteiger partial charge is 0.232 e. The van der Waals surface area contributed by atoms with E-state index in [1.54, 1.807) is 14.2 Å². The van der Waals surface area contributed by atoms with Gasteiger partial charge in [0.05, 0.1) is 20.1 Å². The number of ether oxygens (including phenoxy) is 2. The van der Waals surface area contributed by atoms with Crippen LogP contribution < -0.4 is 14.8 Å². The van der Waals surface area contributed by atoms with Gasteiger partial charge in [0.25, 0.3) is 0 Å². The van der Waals surface area contributed by atoms with Crippen molar-refractivity contribution in [1.82, 2.24) is 0 Å². The number of nitrogens with one attached hydrogen (secondary N) is 1. The first-order valence-electron chi connectivity index (χ1n) is 8.60. The summed E-state index contributed by atoms with van der Waals surface area (Å²) >= 11 is 0. The highest BCUT2D eigenvalue weighted by Crippen LogP contribution is 2.34. The number of amides is 1. The standard InChI is InChI=1S/C21H27NO3/c1-6-14(2)20(16-10-8-7-9-11-16)21(23)22-17-13-19(25-5)18(24-4)12-15(17)3/h7-14,20H,6H2,1-5H3,(H,22,23)/t14-,20-/m1/s1. The number of aryl methyl sites for hydroxylation is 1. The number of hydrogen-bond donors (Lipinski definition) is 1. The molecule has 0 bridgehead atoms. The molecular formula is C21H27NO3. The minimum absolute atomic E-state index is 0.00382. The SMILES string of the molecule is CC[C@@H](C)[C@@H](C(=O)Nc1cc(OC)c(OC)cc1C)c1ccccc1. The van der Waals surface area contributed by atoms with Gasteiger partial charge in [0.1, 0.15) is 0 Å². The molecule has 0 saturated carbocycles. The van der Waals surface area contributed by atoms with Crippen molar-refractivity contribution in [2.24, 2.45) is 5.92 Å². The Labute approximate surface area is 150 Å². The Bertz CT molecular complexity index is 713. The van der Waals surface area contributed by atoms with Crippen molar-refractivity contribution in [3.05, 3.63) is 53.6 Å². The van der Waals surface area contributed by atoms with Crippen molar-refractivity contribution < 1.29 is 14.3 Å². The van der Waals surface area contributed by atoms with Gasteiger partial charge in [0, 0.05) is 11.8 Å². The van der Waals surface area contributed by atoms with Crippen molar-refractivity contribution in [3.8, 4) is 11.5 Å². The Hall–Kier alpha value is -2.49. The topological polar surface area (TPSA) is 47.6 Å². The molecule has 0 heterocycles. The second kappa shape index (κ2) is 8.56. The Morgan fingerprint density at radius 2 is 1.68 bits per heavy atom. The first-order valence-corrected chi connectivity index (χ1v) is 8.60. The maximum Gasteiger partial charge on any atom is 0.232 e. The van der Waals surface area contributed by atoms with Crippen LogP contribution in [0.1, 0.15) is 37.3 Å². The maximum atomic E-state index is 13.0. The van der Waals surface area contributed by atoms with E-state index in [-0.39, 0.29) is 17.7 Å². The number of rotatable bonds is 7. The van der Waals surface area contributed by atoms with Gasteiger partial charge >= 0.3 is 0 Å². The van der Waals surface area contributed by atoms with Gasteiger partial charge in [-0.25, -0.2) is 0 Å². The number of hydrogen-bond acceptors (Lipinski definition) is 3. The number of carbonyl (C=O) groups excluding carboxylic acids is 1. The molecule has 0 fully saturated rings. The molecule has 0 aliphatic heterocycles. The summed E-state index contributed by atoms with van der Waals surface area (Å²) in [6, 6.07) is 13.6. The third-order valence-corrected chi connectivity index (χ3v) is 4.64. The second-order valence-electron chi connectivity index (χ2n) is 6.29. The van der Waals surface area contributed by atoms with Crippen LogP contribution in [-0.2, 0) is 4.79 Å². The van der Waals surface area contributed by atoms with Crippen LogP contribution in [0.3, 0.4) is 0 Å². The molecule has 0 spiro atoms. The van der Waals surface area contributed by atoms with Gasteiger partial charge in [0.15, 0.2) is 11.5 Å². The zero-order valence-electron chi connectivity index (χ0n) is 15.6. The van der Waals surface area contributed by atoms with Crippen molar-refractivity contribution in [3.63, 3.8) is 0 Å². The molecule has 0 aliphatic carbocycles. The predicted octanol–water partition coefficient (Wildman–Crippen LogP) is 4.78. The van der Waals surface area contributed by atoms with E-state index in [9.17, 15) is 4.79 Å². The van der Waals surface area contributed by atoms with E-state index in [1.165, 1.54) is 0 Å². The minimum atomic E-state index is -0.196. The average molecular weight is 341 g/mol. The molecule has 4 heteroatoms.